The van der Waals surface area contributed by atoms with Crippen LogP contribution in [0.1, 0.15) is 5.56 Å². The monoisotopic (exact) mass is 194 g/mol. The van der Waals surface area contributed by atoms with E-state index in [2.05, 4.69) is 9.99 Å². The van der Waals surface area contributed by atoms with Gasteiger partial charge in [-0.15, -0.1) is 0 Å². The highest BCUT2D eigenvalue weighted by molar-refractivity contribution is 6.01. The van der Waals surface area contributed by atoms with Gasteiger partial charge in [0.2, 0.25) is 6.54 Å². The SMILES string of the molecule is CON=C(C[N+](=O)[O-])c1ccccc1. The summed E-state index contributed by atoms with van der Waals surface area (Å²) >= 11 is 0. The van der Waals surface area contributed by atoms with Gasteiger partial charge in [-0.05, 0) is 0 Å². The van der Waals surface area contributed by atoms with Gasteiger partial charge in [-0.3, -0.25) is 10.1 Å². The molecule has 0 saturated heterocycles. The van der Waals surface area contributed by atoms with Crippen LogP contribution in [0, 0.1) is 10.1 Å². The predicted octanol–water partition coefficient (Wildman–Crippen LogP) is 1.31. The second-order valence-electron chi connectivity index (χ2n) is 2.58. The highest BCUT2D eigenvalue weighted by Gasteiger charge is 2.10. The summed E-state index contributed by atoms with van der Waals surface area (Å²) in [6.07, 6.45) is 0. The Hall–Kier alpha value is -1.91. The minimum absolute atomic E-state index is 0.318. The maximum atomic E-state index is 10.3. The lowest BCUT2D eigenvalue weighted by Crippen LogP contribution is -2.15. The molecule has 1 rings (SSSR count). The topological polar surface area (TPSA) is 64.7 Å². The molecule has 74 valence electrons. The summed E-state index contributed by atoms with van der Waals surface area (Å²) in [6.45, 7) is -0.335. The molecule has 0 N–H and O–H groups in total. The zero-order chi connectivity index (χ0) is 10.4. The van der Waals surface area contributed by atoms with E-state index in [1.165, 1.54) is 7.11 Å². The number of hydrogen-bond acceptors (Lipinski definition) is 4. The smallest absolute Gasteiger partial charge is 0.249 e. The normalized spacial score (nSPS) is 11.1. The summed E-state index contributed by atoms with van der Waals surface area (Å²) in [6, 6.07) is 8.92. The van der Waals surface area contributed by atoms with Crippen molar-refractivity contribution in [2.75, 3.05) is 13.7 Å². The highest BCUT2D eigenvalue weighted by atomic mass is 16.6. The molecule has 14 heavy (non-hydrogen) atoms. The molecule has 0 radical (unpaired) electrons. The molecule has 1 aromatic carbocycles. The summed E-state index contributed by atoms with van der Waals surface area (Å²) < 4.78 is 0. The Kier molecular flexibility index (Phi) is 3.60. The average Bonchev–Trinajstić information content (AvgIpc) is 2.18. The molecule has 0 spiro atoms. The number of hydrogen-bond donors (Lipinski definition) is 0. The quantitative estimate of drug-likeness (QED) is 0.412. The second kappa shape index (κ2) is 4.96. The van der Waals surface area contributed by atoms with Crippen molar-refractivity contribution in [3.63, 3.8) is 0 Å². The number of nitrogens with zero attached hydrogens (tertiary/aromatic N) is 2. The van der Waals surface area contributed by atoms with Gasteiger partial charge in [-0.25, -0.2) is 0 Å². The van der Waals surface area contributed by atoms with E-state index in [9.17, 15) is 10.1 Å². The molecule has 0 amide bonds. The first-order valence-corrected chi connectivity index (χ1v) is 4.01. The van der Waals surface area contributed by atoms with E-state index in [0.717, 1.165) is 0 Å². The second-order valence-corrected chi connectivity index (χ2v) is 2.58. The third kappa shape index (κ3) is 2.85. The zero-order valence-corrected chi connectivity index (χ0v) is 7.71. The summed E-state index contributed by atoms with van der Waals surface area (Å²) in [4.78, 5) is 14.4. The minimum Gasteiger partial charge on any atom is -0.399 e. The number of rotatable bonds is 4. The highest BCUT2D eigenvalue weighted by Crippen LogP contribution is 2.01. The van der Waals surface area contributed by atoms with Gasteiger partial charge < -0.3 is 4.84 Å². The van der Waals surface area contributed by atoms with Crippen molar-refractivity contribution >= 4 is 5.71 Å². The fourth-order valence-corrected chi connectivity index (χ4v) is 1.04. The van der Waals surface area contributed by atoms with Crippen LogP contribution in [0.2, 0.25) is 0 Å². The molecule has 0 aliphatic rings. The summed E-state index contributed by atoms with van der Waals surface area (Å²) in [5.41, 5.74) is 1.02. The molecule has 5 nitrogen and oxygen atoms in total. The molecule has 0 heterocycles. The minimum atomic E-state index is -0.440. The molecule has 0 aliphatic heterocycles. The van der Waals surface area contributed by atoms with Crippen molar-refractivity contribution in [2.24, 2.45) is 5.16 Å². The standard InChI is InChI=1S/C9H10N2O3/c1-14-10-9(7-11(12)13)8-5-3-2-4-6-8/h2-6H,7H2,1H3. The fraction of sp³-hybridized carbons (Fsp3) is 0.222. The Morgan fingerprint density at radius 2 is 2.14 bits per heavy atom. The van der Waals surface area contributed by atoms with Crippen LogP contribution in [0.15, 0.2) is 35.5 Å². The Bertz CT molecular complexity index is 335. The molecule has 0 bridgehead atoms. The van der Waals surface area contributed by atoms with Crippen molar-refractivity contribution in [3.05, 3.63) is 46.0 Å². The molecule has 5 heteroatoms. The van der Waals surface area contributed by atoms with Gasteiger partial charge >= 0.3 is 0 Å². The molecule has 0 aromatic heterocycles. The molecule has 0 atom stereocenters. The third-order valence-corrected chi connectivity index (χ3v) is 1.59. The van der Waals surface area contributed by atoms with E-state index in [4.69, 9.17) is 0 Å². The lowest BCUT2D eigenvalue weighted by molar-refractivity contribution is -0.463. The first-order valence-electron chi connectivity index (χ1n) is 4.01. The van der Waals surface area contributed by atoms with Crippen molar-refractivity contribution in [1.29, 1.82) is 0 Å². The van der Waals surface area contributed by atoms with Gasteiger partial charge in [0.25, 0.3) is 0 Å². The number of benzene rings is 1. The largest absolute Gasteiger partial charge is 0.399 e. The maximum absolute atomic E-state index is 10.3. The van der Waals surface area contributed by atoms with Crippen molar-refractivity contribution in [2.45, 2.75) is 0 Å². The molecule has 0 aliphatic carbocycles. The molecule has 0 unspecified atom stereocenters. The van der Waals surface area contributed by atoms with Gasteiger partial charge in [-0.2, -0.15) is 0 Å². The van der Waals surface area contributed by atoms with E-state index in [-0.39, 0.29) is 6.54 Å². The molecular weight excluding hydrogens is 184 g/mol. The van der Waals surface area contributed by atoms with Crippen molar-refractivity contribution < 1.29 is 9.76 Å². The van der Waals surface area contributed by atoms with Crippen LogP contribution in [-0.4, -0.2) is 24.3 Å². The van der Waals surface area contributed by atoms with Gasteiger partial charge in [0, 0.05) is 10.5 Å². The van der Waals surface area contributed by atoms with Crippen LogP contribution >= 0.6 is 0 Å². The van der Waals surface area contributed by atoms with Crippen LogP contribution < -0.4 is 0 Å². The van der Waals surface area contributed by atoms with E-state index < -0.39 is 4.92 Å². The average molecular weight is 194 g/mol. The molecule has 0 fully saturated rings. The Morgan fingerprint density at radius 1 is 1.50 bits per heavy atom. The Labute approximate surface area is 81.1 Å². The Balaban J connectivity index is 2.89. The van der Waals surface area contributed by atoms with E-state index >= 15 is 0 Å². The summed E-state index contributed by atoms with van der Waals surface area (Å²) in [5.74, 6) is 0. The fourth-order valence-electron chi connectivity index (χ4n) is 1.04. The summed E-state index contributed by atoms with van der Waals surface area (Å²) in [5, 5.41) is 13.9. The van der Waals surface area contributed by atoms with E-state index in [1.807, 2.05) is 6.07 Å². The lowest BCUT2D eigenvalue weighted by atomic mass is 10.1. The first kappa shape index (κ1) is 10.2. The number of oxime groups is 1. The van der Waals surface area contributed by atoms with E-state index in [0.29, 0.717) is 11.3 Å². The van der Waals surface area contributed by atoms with Crippen LogP contribution in [-0.2, 0) is 4.84 Å². The lowest BCUT2D eigenvalue weighted by Gasteiger charge is -2.00. The first-order chi connectivity index (χ1) is 6.74. The van der Waals surface area contributed by atoms with Crippen LogP contribution in [0.4, 0.5) is 0 Å². The van der Waals surface area contributed by atoms with Gasteiger partial charge in [0.05, 0.1) is 0 Å². The predicted molar refractivity (Wildman–Crippen MR) is 51.8 cm³/mol. The van der Waals surface area contributed by atoms with Crippen LogP contribution in [0.5, 0.6) is 0 Å². The third-order valence-electron chi connectivity index (χ3n) is 1.59. The zero-order valence-electron chi connectivity index (χ0n) is 7.71. The number of nitro groups is 1. The van der Waals surface area contributed by atoms with Gasteiger partial charge in [-0.1, -0.05) is 35.5 Å². The van der Waals surface area contributed by atoms with Crippen LogP contribution in [0.3, 0.4) is 0 Å². The Morgan fingerprint density at radius 3 is 2.64 bits per heavy atom. The van der Waals surface area contributed by atoms with Gasteiger partial charge in [0.1, 0.15) is 7.11 Å². The molecular formula is C9H10N2O3. The molecule has 1 aromatic rings. The van der Waals surface area contributed by atoms with Crippen molar-refractivity contribution in [1.82, 2.24) is 0 Å². The van der Waals surface area contributed by atoms with Crippen LogP contribution in [0.25, 0.3) is 0 Å². The van der Waals surface area contributed by atoms with Gasteiger partial charge in [0.15, 0.2) is 5.71 Å². The van der Waals surface area contributed by atoms with E-state index in [1.54, 1.807) is 24.3 Å². The van der Waals surface area contributed by atoms with Crippen molar-refractivity contribution in [3.8, 4) is 0 Å². The molecule has 0 saturated carbocycles. The maximum Gasteiger partial charge on any atom is 0.249 e. The summed E-state index contributed by atoms with van der Waals surface area (Å²) in [7, 11) is 1.36.